The zero-order chi connectivity index (χ0) is 15.6. The second kappa shape index (κ2) is 6.26. The summed E-state index contributed by atoms with van der Waals surface area (Å²) in [6.45, 7) is 4.50. The molecule has 0 spiro atoms. The minimum atomic E-state index is -0.343. The number of aliphatic hydroxyl groups excluding tert-OH is 1. The van der Waals surface area contributed by atoms with Crippen molar-refractivity contribution in [3.05, 3.63) is 29.8 Å². The van der Waals surface area contributed by atoms with Gasteiger partial charge in [-0.05, 0) is 24.5 Å². The van der Waals surface area contributed by atoms with Crippen molar-refractivity contribution in [2.24, 2.45) is 5.92 Å². The van der Waals surface area contributed by atoms with Gasteiger partial charge >= 0.3 is 0 Å². The third kappa shape index (κ3) is 3.24. The fraction of sp³-hybridized carbons (Fsp3) is 0.500. The first-order valence-corrected chi connectivity index (χ1v) is 7.22. The van der Waals surface area contributed by atoms with E-state index in [0.717, 1.165) is 0 Å². The highest BCUT2D eigenvalue weighted by molar-refractivity contribution is 6.04. The van der Waals surface area contributed by atoms with Crippen LogP contribution in [0.15, 0.2) is 24.3 Å². The van der Waals surface area contributed by atoms with Gasteiger partial charge in [-0.25, -0.2) is 0 Å². The highest BCUT2D eigenvalue weighted by Crippen LogP contribution is 2.24. The summed E-state index contributed by atoms with van der Waals surface area (Å²) in [6, 6.07) is 7.13. The van der Waals surface area contributed by atoms with Crippen LogP contribution in [-0.2, 0) is 4.79 Å². The summed E-state index contributed by atoms with van der Waals surface area (Å²) in [7, 11) is 1.66. The maximum atomic E-state index is 12.7. The summed E-state index contributed by atoms with van der Waals surface area (Å²) in [6.07, 6.45) is 0.252. The van der Waals surface area contributed by atoms with E-state index in [1.54, 1.807) is 30.1 Å². The second-order valence-electron chi connectivity index (χ2n) is 5.68. The van der Waals surface area contributed by atoms with Crippen LogP contribution in [0.2, 0.25) is 0 Å². The van der Waals surface area contributed by atoms with Crippen LogP contribution in [0.5, 0.6) is 0 Å². The molecule has 0 radical (unpaired) electrons. The number of hydrogen-bond acceptors (Lipinski definition) is 3. The summed E-state index contributed by atoms with van der Waals surface area (Å²) < 4.78 is 0. The molecular formula is C16H22N2O3. The van der Waals surface area contributed by atoms with E-state index in [9.17, 15) is 14.7 Å². The molecule has 5 heteroatoms. The highest BCUT2D eigenvalue weighted by Gasteiger charge is 2.29. The van der Waals surface area contributed by atoms with Gasteiger partial charge in [0.25, 0.3) is 5.91 Å². The van der Waals surface area contributed by atoms with Crippen molar-refractivity contribution >= 4 is 17.5 Å². The van der Waals surface area contributed by atoms with E-state index in [0.29, 0.717) is 30.8 Å². The summed E-state index contributed by atoms with van der Waals surface area (Å²) in [5, 5.41) is 9.77. The lowest BCUT2D eigenvalue weighted by atomic mass is 9.96. The van der Waals surface area contributed by atoms with Crippen molar-refractivity contribution in [2.45, 2.75) is 26.4 Å². The molecular weight excluding hydrogens is 268 g/mol. The molecule has 2 unspecified atom stereocenters. The summed E-state index contributed by atoms with van der Waals surface area (Å²) in [5.74, 6) is -0.129. The predicted octanol–water partition coefficient (Wildman–Crippen LogP) is 1.51. The predicted molar refractivity (Wildman–Crippen MR) is 81.2 cm³/mol. The van der Waals surface area contributed by atoms with E-state index >= 15 is 0 Å². The first-order valence-electron chi connectivity index (χ1n) is 7.22. The van der Waals surface area contributed by atoms with Crippen LogP contribution < -0.4 is 4.90 Å². The number of likely N-dealkylation sites (tertiary alicyclic amines) is 1. The molecule has 2 atom stereocenters. The molecule has 1 aliphatic heterocycles. The number of carbonyl (C=O) groups excluding carboxylic acids is 2. The van der Waals surface area contributed by atoms with Crippen LogP contribution in [0.25, 0.3) is 0 Å². The van der Waals surface area contributed by atoms with Crippen LogP contribution in [0, 0.1) is 5.92 Å². The number of piperidine rings is 1. The Morgan fingerprint density at radius 1 is 1.33 bits per heavy atom. The lowest BCUT2D eigenvalue weighted by Crippen LogP contribution is -2.45. The van der Waals surface area contributed by atoms with Gasteiger partial charge in [0, 0.05) is 27.1 Å². The zero-order valence-electron chi connectivity index (χ0n) is 12.7. The van der Waals surface area contributed by atoms with Crippen molar-refractivity contribution in [1.29, 1.82) is 0 Å². The quantitative estimate of drug-likeness (QED) is 0.898. The third-order valence-electron chi connectivity index (χ3n) is 4.12. The lowest BCUT2D eigenvalue weighted by Gasteiger charge is -2.35. The molecule has 2 amide bonds. The van der Waals surface area contributed by atoms with Gasteiger partial charge in [0.15, 0.2) is 0 Å². The molecule has 1 aliphatic rings. The molecule has 2 rings (SSSR count). The molecule has 0 bridgehead atoms. The van der Waals surface area contributed by atoms with Gasteiger partial charge in [-0.1, -0.05) is 19.1 Å². The van der Waals surface area contributed by atoms with Crippen LogP contribution in [0.3, 0.4) is 0 Å². The van der Waals surface area contributed by atoms with Crippen molar-refractivity contribution in [1.82, 2.24) is 4.90 Å². The van der Waals surface area contributed by atoms with Gasteiger partial charge in [-0.15, -0.1) is 0 Å². The molecule has 0 saturated carbocycles. The Kier molecular flexibility index (Phi) is 4.63. The Morgan fingerprint density at radius 3 is 2.62 bits per heavy atom. The van der Waals surface area contributed by atoms with Gasteiger partial charge < -0.3 is 14.9 Å². The van der Waals surface area contributed by atoms with Crippen LogP contribution >= 0.6 is 0 Å². The number of hydrogen-bond donors (Lipinski definition) is 1. The van der Waals surface area contributed by atoms with Gasteiger partial charge in [-0.2, -0.15) is 0 Å². The molecule has 0 aromatic heterocycles. The molecule has 1 N–H and O–H groups in total. The topological polar surface area (TPSA) is 60.9 Å². The first kappa shape index (κ1) is 15.5. The van der Waals surface area contributed by atoms with Gasteiger partial charge in [-0.3, -0.25) is 9.59 Å². The average molecular weight is 290 g/mol. The second-order valence-corrected chi connectivity index (χ2v) is 5.68. The number of benzene rings is 1. The number of carbonyl (C=O) groups is 2. The molecule has 1 saturated heterocycles. The number of amides is 2. The molecule has 1 aromatic rings. The molecule has 5 nitrogen and oxygen atoms in total. The monoisotopic (exact) mass is 290 g/mol. The number of aliphatic hydroxyl groups is 1. The third-order valence-corrected chi connectivity index (χ3v) is 4.12. The fourth-order valence-electron chi connectivity index (χ4n) is 2.60. The summed E-state index contributed by atoms with van der Waals surface area (Å²) in [5.41, 5.74) is 1.15. The summed E-state index contributed by atoms with van der Waals surface area (Å²) in [4.78, 5) is 27.5. The smallest absolute Gasteiger partial charge is 0.255 e. The van der Waals surface area contributed by atoms with E-state index in [1.807, 2.05) is 13.0 Å². The largest absolute Gasteiger partial charge is 0.393 e. The van der Waals surface area contributed by atoms with E-state index in [2.05, 4.69) is 0 Å². The molecule has 21 heavy (non-hydrogen) atoms. The molecule has 1 heterocycles. The minimum absolute atomic E-state index is 0.0698. The highest BCUT2D eigenvalue weighted by atomic mass is 16.3. The maximum absolute atomic E-state index is 12.7. The van der Waals surface area contributed by atoms with Crippen molar-refractivity contribution in [3.8, 4) is 0 Å². The van der Waals surface area contributed by atoms with Crippen LogP contribution in [0.4, 0.5) is 5.69 Å². The van der Waals surface area contributed by atoms with Gasteiger partial charge in [0.05, 0.1) is 17.4 Å². The number of nitrogens with zero attached hydrogens (tertiary/aromatic N) is 2. The van der Waals surface area contributed by atoms with E-state index < -0.39 is 0 Å². The number of anilines is 1. The van der Waals surface area contributed by atoms with E-state index in [1.165, 1.54) is 11.8 Å². The SMILES string of the molecule is CC(=O)N(C)c1ccccc1C(=O)N1CCC(O)C(C)C1. The normalized spacial score (nSPS) is 22.0. The fourth-order valence-corrected chi connectivity index (χ4v) is 2.60. The number of rotatable bonds is 2. The average Bonchev–Trinajstić information content (AvgIpc) is 2.48. The molecule has 0 aliphatic carbocycles. The van der Waals surface area contributed by atoms with Crippen molar-refractivity contribution in [2.75, 3.05) is 25.0 Å². The Labute approximate surface area is 125 Å². The van der Waals surface area contributed by atoms with Crippen molar-refractivity contribution < 1.29 is 14.7 Å². The first-order chi connectivity index (χ1) is 9.91. The van der Waals surface area contributed by atoms with Crippen LogP contribution in [-0.4, -0.2) is 48.1 Å². The Balaban J connectivity index is 2.26. The minimum Gasteiger partial charge on any atom is -0.393 e. The Bertz CT molecular complexity index is 544. The zero-order valence-corrected chi connectivity index (χ0v) is 12.7. The van der Waals surface area contributed by atoms with Crippen molar-refractivity contribution in [3.63, 3.8) is 0 Å². The Hall–Kier alpha value is -1.88. The molecule has 114 valence electrons. The number of para-hydroxylation sites is 1. The van der Waals surface area contributed by atoms with Gasteiger partial charge in [0.2, 0.25) is 5.91 Å². The van der Waals surface area contributed by atoms with Gasteiger partial charge in [0.1, 0.15) is 0 Å². The van der Waals surface area contributed by atoms with Crippen LogP contribution in [0.1, 0.15) is 30.6 Å². The van der Waals surface area contributed by atoms with E-state index in [-0.39, 0.29) is 23.8 Å². The molecule has 1 fully saturated rings. The Morgan fingerprint density at radius 2 is 2.00 bits per heavy atom. The van der Waals surface area contributed by atoms with E-state index in [4.69, 9.17) is 0 Å². The standard InChI is InChI=1S/C16H22N2O3/c1-11-10-18(9-8-15(11)20)16(21)13-6-4-5-7-14(13)17(3)12(2)19/h4-7,11,15,20H,8-10H2,1-3H3. The maximum Gasteiger partial charge on any atom is 0.255 e. The molecule has 1 aromatic carbocycles. The lowest BCUT2D eigenvalue weighted by molar-refractivity contribution is -0.116. The summed E-state index contributed by atoms with van der Waals surface area (Å²) >= 11 is 0.